The normalized spacial score (nSPS) is 17.2. The van der Waals surface area contributed by atoms with Crippen molar-refractivity contribution in [2.45, 2.75) is 26.4 Å². The van der Waals surface area contributed by atoms with Crippen LogP contribution < -0.4 is 0 Å². The standard InChI is InChI=1S/C12H16O6/c1-4-9(13)12(18,5-7(2)10(14)15)6-8(3)11(16)17/h4-6,13,18H,1-3H3,(H,14,15)(H,16,17). The van der Waals surface area contributed by atoms with Gasteiger partial charge in [0.05, 0.1) is 0 Å². The maximum atomic E-state index is 10.7. The first-order chi connectivity index (χ1) is 8.14. The third kappa shape index (κ3) is 4.06. The van der Waals surface area contributed by atoms with Gasteiger partial charge in [-0.2, -0.15) is 0 Å². The average Bonchev–Trinajstić information content (AvgIpc) is 2.27. The number of aliphatic carboxylic acids is 2. The Morgan fingerprint density at radius 2 is 1.28 bits per heavy atom. The Kier molecular flexibility index (Phi) is 5.32. The lowest BCUT2D eigenvalue weighted by molar-refractivity contribution is -0.133. The maximum Gasteiger partial charge on any atom is 0.331 e. The fourth-order valence-corrected chi connectivity index (χ4v) is 1.20. The molecule has 0 saturated carbocycles. The third-order valence-corrected chi connectivity index (χ3v) is 2.23. The van der Waals surface area contributed by atoms with Crippen molar-refractivity contribution in [2.75, 3.05) is 0 Å². The van der Waals surface area contributed by atoms with E-state index in [1.165, 1.54) is 20.8 Å². The summed E-state index contributed by atoms with van der Waals surface area (Å²) in [5, 5.41) is 37.1. The Morgan fingerprint density at radius 1 is 0.944 bits per heavy atom. The van der Waals surface area contributed by atoms with Gasteiger partial charge in [0.1, 0.15) is 5.76 Å². The molecule has 6 nitrogen and oxygen atoms in total. The van der Waals surface area contributed by atoms with Crippen molar-refractivity contribution in [3.05, 3.63) is 35.1 Å². The molecule has 0 aromatic carbocycles. The zero-order valence-electron chi connectivity index (χ0n) is 10.3. The SMILES string of the molecule is CC=C(O)C(O)(C=C(C)C(=O)O)C=C(C)C(=O)O. The lowest BCUT2D eigenvalue weighted by atomic mass is 9.95. The van der Waals surface area contributed by atoms with E-state index < -0.39 is 23.3 Å². The van der Waals surface area contributed by atoms with E-state index in [-0.39, 0.29) is 11.1 Å². The summed E-state index contributed by atoms with van der Waals surface area (Å²) in [5.41, 5.74) is -2.60. The van der Waals surface area contributed by atoms with Gasteiger partial charge in [-0.25, -0.2) is 9.59 Å². The lowest BCUT2D eigenvalue weighted by Crippen LogP contribution is -2.28. The van der Waals surface area contributed by atoms with E-state index in [4.69, 9.17) is 10.2 Å². The summed E-state index contributed by atoms with van der Waals surface area (Å²) in [7, 11) is 0. The molecule has 4 N–H and O–H groups in total. The minimum Gasteiger partial charge on any atom is -0.509 e. The zero-order chi connectivity index (χ0) is 14.5. The van der Waals surface area contributed by atoms with Crippen LogP contribution in [-0.4, -0.2) is 38.0 Å². The third-order valence-electron chi connectivity index (χ3n) is 2.23. The molecule has 0 aromatic heterocycles. The number of carboxylic acid groups (broad SMARTS) is 2. The van der Waals surface area contributed by atoms with Gasteiger partial charge in [-0.15, -0.1) is 0 Å². The molecule has 0 amide bonds. The quantitative estimate of drug-likeness (QED) is 0.434. The summed E-state index contributed by atoms with van der Waals surface area (Å²) in [6, 6.07) is 0. The average molecular weight is 256 g/mol. The van der Waals surface area contributed by atoms with E-state index in [1.807, 2.05) is 0 Å². The number of carbonyl (C=O) groups is 2. The van der Waals surface area contributed by atoms with Crippen LogP contribution >= 0.6 is 0 Å². The van der Waals surface area contributed by atoms with E-state index in [0.29, 0.717) is 0 Å². The molecule has 0 aliphatic heterocycles. The summed E-state index contributed by atoms with van der Waals surface area (Å²) in [6.45, 7) is 3.87. The van der Waals surface area contributed by atoms with E-state index in [1.54, 1.807) is 0 Å². The smallest absolute Gasteiger partial charge is 0.331 e. The summed E-state index contributed by atoms with van der Waals surface area (Å²) in [5.74, 6) is -3.11. The number of rotatable bonds is 5. The van der Waals surface area contributed by atoms with Crippen LogP contribution in [0.25, 0.3) is 0 Å². The summed E-state index contributed by atoms with van der Waals surface area (Å²) >= 11 is 0. The molecule has 0 rings (SSSR count). The molecule has 0 aliphatic carbocycles. The molecule has 100 valence electrons. The highest BCUT2D eigenvalue weighted by Crippen LogP contribution is 2.22. The summed E-state index contributed by atoms with van der Waals surface area (Å²) < 4.78 is 0. The summed E-state index contributed by atoms with van der Waals surface area (Å²) in [6.07, 6.45) is 2.89. The van der Waals surface area contributed by atoms with Crippen LogP contribution in [0.2, 0.25) is 0 Å². The highest BCUT2D eigenvalue weighted by molar-refractivity contribution is 5.87. The maximum absolute atomic E-state index is 10.7. The number of aliphatic hydroxyl groups excluding tert-OH is 1. The van der Waals surface area contributed by atoms with Crippen LogP contribution in [0.3, 0.4) is 0 Å². The molecular formula is C12H16O6. The van der Waals surface area contributed by atoms with Gasteiger partial charge in [0.25, 0.3) is 0 Å². The molecular weight excluding hydrogens is 240 g/mol. The second-order valence-electron chi connectivity index (χ2n) is 3.76. The van der Waals surface area contributed by atoms with Crippen LogP contribution in [0.15, 0.2) is 35.1 Å². The van der Waals surface area contributed by atoms with Crippen molar-refractivity contribution >= 4 is 11.9 Å². The van der Waals surface area contributed by atoms with Crippen molar-refractivity contribution in [3.8, 4) is 0 Å². The lowest BCUT2D eigenvalue weighted by Gasteiger charge is -2.21. The number of allylic oxidation sites excluding steroid dienone is 1. The van der Waals surface area contributed by atoms with Crippen molar-refractivity contribution < 1.29 is 30.0 Å². The molecule has 0 spiro atoms. The molecule has 0 aliphatic rings. The Balaban J connectivity index is 5.77. The monoisotopic (exact) mass is 256 g/mol. The highest BCUT2D eigenvalue weighted by Gasteiger charge is 2.28. The Labute approximate surface area is 104 Å². The van der Waals surface area contributed by atoms with E-state index in [0.717, 1.165) is 18.2 Å². The van der Waals surface area contributed by atoms with Crippen molar-refractivity contribution in [1.82, 2.24) is 0 Å². The highest BCUT2D eigenvalue weighted by atomic mass is 16.4. The molecule has 0 unspecified atom stereocenters. The molecule has 18 heavy (non-hydrogen) atoms. The predicted octanol–water partition coefficient (Wildman–Crippen LogP) is 1.24. The number of hydrogen-bond donors (Lipinski definition) is 4. The van der Waals surface area contributed by atoms with Gasteiger partial charge in [0, 0.05) is 11.1 Å². The molecule has 0 saturated heterocycles. The fourth-order valence-electron chi connectivity index (χ4n) is 1.20. The van der Waals surface area contributed by atoms with Gasteiger partial charge in [-0.1, -0.05) is 0 Å². The first-order valence-corrected chi connectivity index (χ1v) is 5.07. The van der Waals surface area contributed by atoms with Crippen molar-refractivity contribution in [3.63, 3.8) is 0 Å². The van der Waals surface area contributed by atoms with Gasteiger partial charge in [-0.05, 0) is 39.0 Å². The van der Waals surface area contributed by atoms with Crippen LogP contribution in [0.4, 0.5) is 0 Å². The number of hydrogen-bond acceptors (Lipinski definition) is 4. The van der Waals surface area contributed by atoms with Gasteiger partial charge in [0.15, 0.2) is 5.60 Å². The predicted molar refractivity (Wildman–Crippen MR) is 64.1 cm³/mol. The number of carboxylic acids is 2. The number of aliphatic hydroxyl groups is 2. The van der Waals surface area contributed by atoms with Crippen LogP contribution in [0.5, 0.6) is 0 Å². The molecule has 0 heterocycles. The topological polar surface area (TPSA) is 115 Å². The van der Waals surface area contributed by atoms with Gasteiger partial charge < -0.3 is 20.4 Å². The summed E-state index contributed by atoms with van der Waals surface area (Å²) in [4.78, 5) is 21.4. The fraction of sp³-hybridized carbons (Fsp3) is 0.333. The second kappa shape index (κ2) is 6.02. The molecule has 0 fully saturated rings. The Morgan fingerprint density at radius 3 is 1.50 bits per heavy atom. The Hall–Kier alpha value is -2.08. The van der Waals surface area contributed by atoms with Gasteiger partial charge in [0.2, 0.25) is 0 Å². The van der Waals surface area contributed by atoms with Crippen LogP contribution in [-0.2, 0) is 9.59 Å². The minimum absolute atomic E-state index is 0.222. The molecule has 0 atom stereocenters. The first kappa shape index (κ1) is 15.9. The molecule has 0 aromatic rings. The largest absolute Gasteiger partial charge is 0.509 e. The first-order valence-electron chi connectivity index (χ1n) is 5.07. The van der Waals surface area contributed by atoms with E-state index in [2.05, 4.69) is 0 Å². The van der Waals surface area contributed by atoms with E-state index in [9.17, 15) is 19.8 Å². The molecule has 0 radical (unpaired) electrons. The Bertz CT molecular complexity index is 411. The van der Waals surface area contributed by atoms with Crippen molar-refractivity contribution in [2.24, 2.45) is 0 Å². The second-order valence-corrected chi connectivity index (χ2v) is 3.76. The minimum atomic E-state index is -2.15. The van der Waals surface area contributed by atoms with Crippen LogP contribution in [0.1, 0.15) is 20.8 Å². The zero-order valence-corrected chi connectivity index (χ0v) is 10.3. The van der Waals surface area contributed by atoms with E-state index >= 15 is 0 Å². The van der Waals surface area contributed by atoms with Gasteiger partial charge >= 0.3 is 11.9 Å². The molecule has 6 heteroatoms. The molecule has 0 bridgehead atoms. The van der Waals surface area contributed by atoms with Crippen molar-refractivity contribution in [1.29, 1.82) is 0 Å². The van der Waals surface area contributed by atoms with Gasteiger partial charge in [-0.3, -0.25) is 0 Å². The van der Waals surface area contributed by atoms with Crippen LogP contribution in [0, 0.1) is 0 Å².